The van der Waals surface area contributed by atoms with E-state index in [1.54, 1.807) is 7.05 Å². The summed E-state index contributed by atoms with van der Waals surface area (Å²) in [6, 6.07) is 0. The van der Waals surface area contributed by atoms with Crippen molar-refractivity contribution < 1.29 is 8.42 Å². The molecule has 1 aliphatic rings. The van der Waals surface area contributed by atoms with E-state index < -0.39 is 10.0 Å². The van der Waals surface area contributed by atoms with Crippen molar-refractivity contribution >= 4 is 37.6 Å². The summed E-state index contributed by atoms with van der Waals surface area (Å²) in [4.78, 5) is 0. The van der Waals surface area contributed by atoms with E-state index in [-0.39, 0.29) is 15.5 Å². The van der Waals surface area contributed by atoms with Crippen molar-refractivity contribution in [1.82, 2.24) is 14.5 Å². The highest BCUT2D eigenvalue weighted by molar-refractivity contribution is 9.09. The summed E-state index contributed by atoms with van der Waals surface area (Å²) in [6.45, 7) is 0.433. The Hall–Kier alpha value is -0.110. The van der Waals surface area contributed by atoms with Gasteiger partial charge in [0.2, 0.25) is 0 Å². The molecule has 1 heterocycles. The van der Waals surface area contributed by atoms with Crippen LogP contribution in [0.15, 0.2) is 11.2 Å². The first-order valence-electron chi connectivity index (χ1n) is 6.63. The summed E-state index contributed by atoms with van der Waals surface area (Å²) >= 11 is 9.44. The molecule has 1 saturated carbocycles. The van der Waals surface area contributed by atoms with Crippen LogP contribution in [0.3, 0.4) is 0 Å². The minimum atomic E-state index is -3.63. The molecule has 0 bridgehead atoms. The van der Waals surface area contributed by atoms with Crippen LogP contribution in [-0.2, 0) is 17.1 Å². The van der Waals surface area contributed by atoms with Gasteiger partial charge in [0, 0.05) is 18.9 Å². The maximum absolute atomic E-state index is 12.4. The molecule has 5 nitrogen and oxygen atoms in total. The molecular weight excluding hydrogens is 366 g/mol. The maximum atomic E-state index is 12.4. The third-order valence-corrected chi connectivity index (χ3v) is 7.03. The number of alkyl halides is 1. The molecule has 0 atom stereocenters. The highest BCUT2D eigenvalue weighted by Gasteiger charge is 2.33. The average Bonchev–Trinajstić information content (AvgIpc) is 2.78. The molecular formula is C12H19BrClN3O2S. The van der Waals surface area contributed by atoms with E-state index >= 15 is 0 Å². The first kappa shape index (κ1) is 16.3. The van der Waals surface area contributed by atoms with E-state index in [0.717, 1.165) is 31.0 Å². The van der Waals surface area contributed by atoms with Crippen LogP contribution in [0.25, 0.3) is 0 Å². The Morgan fingerprint density at radius 3 is 2.60 bits per heavy atom. The van der Waals surface area contributed by atoms with E-state index in [1.807, 2.05) is 0 Å². The van der Waals surface area contributed by atoms with Gasteiger partial charge in [0.1, 0.15) is 0 Å². The Balaban J connectivity index is 2.13. The zero-order valence-corrected chi connectivity index (χ0v) is 14.6. The Kier molecular flexibility index (Phi) is 5.15. The number of halogens is 2. The van der Waals surface area contributed by atoms with Crippen LogP contribution < -0.4 is 4.72 Å². The monoisotopic (exact) mass is 383 g/mol. The van der Waals surface area contributed by atoms with Crippen molar-refractivity contribution in [3.05, 3.63) is 11.2 Å². The van der Waals surface area contributed by atoms with Gasteiger partial charge < -0.3 is 0 Å². The van der Waals surface area contributed by atoms with Gasteiger partial charge in [-0.3, -0.25) is 4.68 Å². The SMILES string of the molecule is Cn1ncc(Cl)c1S(=O)(=O)NCC1(CBr)CCCCC1. The van der Waals surface area contributed by atoms with Gasteiger partial charge in [-0.25, -0.2) is 13.1 Å². The Morgan fingerprint density at radius 2 is 2.10 bits per heavy atom. The molecule has 1 aromatic heterocycles. The van der Waals surface area contributed by atoms with E-state index in [4.69, 9.17) is 11.6 Å². The van der Waals surface area contributed by atoms with E-state index in [2.05, 4.69) is 25.8 Å². The Labute approximate surface area is 133 Å². The number of nitrogens with one attached hydrogen (secondary N) is 1. The fourth-order valence-electron chi connectivity index (χ4n) is 2.68. The molecule has 0 amide bonds. The Morgan fingerprint density at radius 1 is 1.45 bits per heavy atom. The van der Waals surface area contributed by atoms with Gasteiger partial charge >= 0.3 is 0 Å². The van der Waals surface area contributed by atoms with Gasteiger partial charge in [0.15, 0.2) is 5.03 Å². The highest BCUT2D eigenvalue weighted by Crippen LogP contribution is 2.37. The van der Waals surface area contributed by atoms with Crippen molar-refractivity contribution in [3.8, 4) is 0 Å². The second kappa shape index (κ2) is 6.34. The topological polar surface area (TPSA) is 64.0 Å². The first-order valence-corrected chi connectivity index (χ1v) is 9.62. The fraction of sp³-hybridized carbons (Fsp3) is 0.750. The lowest BCUT2D eigenvalue weighted by molar-refractivity contribution is 0.227. The van der Waals surface area contributed by atoms with Crippen LogP contribution >= 0.6 is 27.5 Å². The summed E-state index contributed by atoms with van der Waals surface area (Å²) in [5, 5.41) is 4.86. The summed E-state index contributed by atoms with van der Waals surface area (Å²) in [5.41, 5.74) is 0.0103. The van der Waals surface area contributed by atoms with Crippen molar-refractivity contribution in [2.24, 2.45) is 12.5 Å². The molecule has 1 aliphatic carbocycles. The predicted octanol–water partition coefficient (Wildman–Crippen LogP) is 2.70. The van der Waals surface area contributed by atoms with Crippen LogP contribution in [0.4, 0.5) is 0 Å². The third-order valence-electron chi connectivity index (χ3n) is 3.93. The van der Waals surface area contributed by atoms with Crippen LogP contribution in [0.5, 0.6) is 0 Å². The number of hydrogen-bond donors (Lipinski definition) is 1. The lowest BCUT2D eigenvalue weighted by Gasteiger charge is -2.35. The minimum Gasteiger partial charge on any atom is -0.255 e. The molecule has 0 unspecified atom stereocenters. The quantitative estimate of drug-likeness (QED) is 0.794. The van der Waals surface area contributed by atoms with Gasteiger partial charge in [-0.05, 0) is 18.3 Å². The largest absolute Gasteiger partial charge is 0.259 e. The number of rotatable bonds is 5. The molecule has 8 heteroatoms. The number of hydrogen-bond acceptors (Lipinski definition) is 3. The summed E-state index contributed by atoms with van der Waals surface area (Å²) < 4.78 is 28.7. The normalized spacial score (nSPS) is 19.1. The summed E-state index contributed by atoms with van der Waals surface area (Å²) in [7, 11) is -2.06. The van der Waals surface area contributed by atoms with Gasteiger partial charge in [-0.1, -0.05) is 46.8 Å². The van der Waals surface area contributed by atoms with Crippen LogP contribution in [0.1, 0.15) is 32.1 Å². The first-order chi connectivity index (χ1) is 9.40. The lowest BCUT2D eigenvalue weighted by Crippen LogP contribution is -2.40. The molecule has 114 valence electrons. The number of aryl methyl sites for hydroxylation is 1. The van der Waals surface area contributed by atoms with E-state index in [9.17, 15) is 8.42 Å². The molecule has 20 heavy (non-hydrogen) atoms. The van der Waals surface area contributed by atoms with Crippen molar-refractivity contribution in [1.29, 1.82) is 0 Å². The molecule has 0 spiro atoms. The molecule has 1 fully saturated rings. The summed E-state index contributed by atoms with van der Waals surface area (Å²) in [5.74, 6) is 0. The zero-order valence-electron chi connectivity index (χ0n) is 11.4. The van der Waals surface area contributed by atoms with Crippen LogP contribution in [-0.4, -0.2) is 30.1 Å². The standard InChI is InChI=1S/C12H19BrClN3O2S/c1-17-11(10(14)7-15-17)20(18,19)16-9-12(8-13)5-3-2-4-6-12/h7,16H,2-6,8-9H2,1H3. The second-order valence-electron chi connectivity index (χ2n) is 5.44. The van der Waals surface area contributed by atoms with Crippen molar-refractivity contribution in [2.45, 2.75) is 37.1 Å². The van der Waals surface area contributed by atoms with Crippen molar-refractivity contribution in [2.75, 3.05) is 11.9 Å². The van der Waals surface area contributed by atoms with Gasteiger partial charge in [-0.2, -0.15) is 5.10 Å². The number of aromatic nitrogens is 2. The number of nitrogens with zero attached hydrogens (tertiary/aromatic N) is 2. The third kappa shape index (κ3) is 3.37. The van der Waals surface area contributed by atoms with Gasteiger partial charge in [0.25, 0.3) is 10.0 Å². The van der Waals surface area contributed by atoms with E-state index in [1.165, 1.54) is 17.3 Å². The van der Waals surface area contributed by atoms with Crippen molar-refractivity contribution in [3.63, 3.8) is 0 Å². The number of sulfonamides is 1. The van der Waals surface area contributed by atoms with E-state index in [0.29, 0.717) is 6.54 Å². The Bertz CT molecular complexity index is 548. The van der Waals surface area contributed by atoms with Crippen LogP contribution in [0, 0.1) is 5.41 Å². The average molecular weight is 385 g/mol. The predicted molar refractivity (Wildman–Crippen MR) is 82.7 cm³/mol. The lowest BCUT2D eigenvalue weighted by atomic mass is 9.76. The fourth-order valence-corrected chi connectivity index (χ4v) is 5.24. The highest BCUT2D eigenvalue weighted by atomic mass is 79.9. The molecule has 1 N–H and O–H groups in total. The smallest absolute Gasteiger partial charge is 0.255 e. The molecule has 2 rings (SSSR count). The van der Waals surface area contributed by atoms with Gasteiger partial charge in [-0.15, -0.1) is 0 Å². The molecule has 0 radical (unpaired) electrons. The molecule has 1 aromatic rings. The molecule has 0 saturated heterocycles. The second-order valence-corrected chi connectivity index (χ2v) is 8.09. The molecule has 0 aromatic carbocycles. The molecule has 0 aliphatic heterocycles. The minimum absolute atomic E-state index is 0.0103. The van der Waals surface area contributed by atoms with Crippen LogP contribution in [0.2, 0.25) is 5.02 Å². The zero-order chi connectivity index (χ0) is 14.8. The summed E-state index contributed by atoms with van der Waals surface area (Å²) in [6.07, 6.45) is 6.96. The maximum Gasteiger partial charge on any atom is 0.259 e. The van der Waals surface area contributed by atoms with Gasteiger partial charge in [0.05, 0.1) is 11.2 Å².